The minimum Gasteiger partial charge on any atom is -0.397 e. The number of nitrogen functional groups attached to an aromatic ring is 2. The number of carbonyl (C=O) groups excluding carboxylic acids is 1. The number of pyridine rings is 1. The zero-order valence-electron chi connectivity index (χ0n) is 11.4. The number of amides is 1. The second kappa shape index (κ2) is 4.98. The van der Waals surface area contributed by atoms with E-state index in [0.717, 1.165) is 0 Å². The minimum absolute atomic E-state index is 0.0147. The molecule has 2 heterocycles. The number of hydrogen-bond acceptors (Lipinski definition) is 6. The third kappa shape index (κ3) is 2.14. The minimum atomic E-state index is -0.239. The van der Waals surface area contributed by atoms with Crippen molar-refractivity contribution >= 4 is 39.0 Å². The third-order valence-corrected chi connectivity index (χ3v) is 3.99. The lowest BCUT2D eigenvalue weighted by atomic mass is 10.1. The summed E-state index contributed by atoms with van der Waals surface area (Å²) in [5.41, 5.74) is 13.1. The Morgan fingerprint density at radius 1 is 1.45 bits per heavy atom. The van der Waals surface area contributed by atoms with Crippen LogP contribution in [0.5, 0.6) is 0 Å². The van der Waals surface area contributed by atoms with Crippen molar-refractivity contribution in [1.82, 2.24) is 10.3 Å². The van der Waals surface area contributed by atoms with Crippen molar-refractivity contribution in [2.75, 3.05) is 11.5 Å². The summed E-state index contributed by atoms with van der Waals surface area (Å²) < 4.78 is 0. The van der Waals surface area contributed by atoms with E-state index in [2.05, 4.69) is 10.3 Å². The topological polar surface area (TPSA) is 118 Å². The van der Waals surface area contributed by atoms with Gasteiger partial charge in [-0.05, 0) is 26.3 Å². The average Bonchev–Trinajstić information content (AvgIpc) is 2.66. The number of anilines is 2. The molecule has 0 spiro atoms. The maximum absolute atomic E-state index is 12.1. The Balaban J connectivity index is 2.68. The van der Waals surface area contributed by atoms with Crippen molar-refractivity contribution in [3.05, 3.63) is 16.0 Å². The van der Waals surface area contributed by atoms with Crippen LogP contribution in [0.3, 0.4) is 0 Å². The Hall–Kier alpha value is -2.33. The van der Waals surface area contributed by atoms with E-state index in [1.54, 1.807) is 6.92 Å². The highest BCUT2D eigenvalue weighted by atomic mass is 32.1. The van der Waals surface area contributed by atoms with Gasteiger partial charge >= 0.3 is 0 Å². The first kappa shape index (κ1) is 14.1. The molecular formula is C13H15N5OS. The van der Waals surface area contributed by atoms with E-state index < -0.39 is 0 Å². The van der Waals surface area contributed by atoms with Gasteiger partial charge in [0.05, 0.1) is 11.3 Å². The molecule has 5 N–H and O–H groups in total. The zero-order valence-corrected chi connectivity index (χ0v) is 12.3. The summed E-state index contributed by atoms with van der Waals surface area (Å²) in [6, 6.07) is 2.03. The summed E-state index contributed by atoms with van der Waals surface area (Å²) in [6.45, 7) is 5.50. The van der Waals surface area contributed by atoms with Crippen molar-refractivity contribution in [3.8, 4) is 6.07 Å². The number of thiophene rings is 1. The van der Waals surface area contributed by atoms with Gasteiger partial charge in [0.25, 0.3) is 5.91 Å². The molecule has 104 valence electrons. The molecule has 0 fully saturated rings. The molecule has 0 atom stereocenters. The van der Waals surface area contributed by atoms with Crippen LogP contribution < -0.4 is 16.8 Å². The first-order valence-corrected chi connectivity index (χ1v) is 6.87. The fourth-order valence-electron chi connectivity index (χ4n) is 1.99. The lowest BCUT2D eigenvalue weighted by molar-refractivity contribution is 0.0948. The van der Waals surface area contributed by atoms with E-state index in [9.17, 15) is 4.79 Å². The monoisotopic (exact) mass is 289 g/mol. The van der Waals surface area contributed by atoms with Gasteiger partial charge in [0.1, 0.15) is 21.6 Å². The Morgan fingerprint density at radius 3 is 2.65 bits per heavy atom. The highest BCUT2D eigenvalue weighted by Gasteiger charge is 2.21. The van der Waals surface area contributed by atoms with Gasteiger partial charge in [0, 0.05) is 11.4 Å². The molecule has 0 unspecified atom stereocenters. The number of rotatable bonds is 2. The molecule has 0 aliphatic heterocycles. The molecule has 2 aromatic heterocycles. The number of hydrogen-bond donors (Lipinski definition) is 3. The summed E-state index contributed by atoms with van der Waals surface area (Å²) >= 11 is 1.18. The van der Waals surface area contributed by atoms with Gasteiger partial charge < -0.3 is 16.8 Å². The molecule has 0 radical (unpaired) electrons. The Bertz CT molecular complexity index is 742. The quantitative estimate of drug-likeness (QED) is 0.778. The Morgan fingerprint density at radius 2 is 2.10 bits per heavy atom. The number of nitriles is 1. The van der Waals surface area contributed by atoms with Crippen molar-refractivity contribution < 1.29 is 4.79 Å². The maximum Gasteiger partial charge on any atom is 0.263 e. The van der Waals surface area contributed by atoms with Crippen molar-refractivity contribution in [2.24, 2.45) is 0 Å². The molecule has 7 heteroatoms. The van der Waals surface area contributed by atoms with E-state index in [1.165, 1.54) is 11.3 Å². The summed E-state index contributed by atoms with van der Waals surface area (Å²) in [6.07, 6.45) is 0. The largest absolute Gasteiger partial charge is 0.397 e. The van der Waals surface area contributed by atoms with Crippen LogP contribution in [-0.4, -0.2) is 16.9 Å². The fourth-order valence-corrected chi connectivity index (χ4v) is 3.06. The predicted octanol–water partition coefficient (Wildman–Crippen LogP) is 1.78. The lowest BCUT2D eigenvalue weighted by Gasteiger charge is -2.07. The smallest absolute Gasteiger partial charge is 0.263 e. The third-order valence-electron chi connectivity index (χ3n) is 2.89. The molecule has 1 amide bonds. The van der Waals surface area contributed by atoms with Crippen LogP contribution in [0.4, 0.5) is 11.5 Å². The summed E-state index contributed by atoms with van der Waals surface area (Å²) in [7, 11) is 0. The Labute approximate surface area is 120 Å². The van der Waals surface area contributed by atoms with Crippen LogP contribution in [0.15, 0.2) is 0 Å². The number of nitrogens with one attached hydrogen (secondary N) is 1. The average molecular weight is 289 g/mol. The summed E-state index contributed by atoms with van der Waals surface area (Å²) in [5.74, 6) is -0.0773. The molecule has 0 aliphatic carbocycles. The van der Waals surface area contributed by atoms with Crippen LogP contribution in [0.1, 0.15) is 34.6 Å². The number of aryl methyl sites for hydroxylation is 1. The molecule has 6 nitrogen and oxygen atoms in total. The Kier molecular flexibility index (Phi) is 3.51. The molecule has 20 heavy (non-hydrogen) atoms. The first-order chi connectivity index (χ1) is 9.36. The van der Waals surface area contributed by atoms with Crippen LogP contribution >= 0.6 is 11.3 Å². The van der Waals surface area contributed by atoms with E-state index in [4.69, 9.17) is 16.7 Å². The SMILES string of the molecule is Cc1c(C#N)c(N)nc2sc(C(=O)NC(C)C)c(N)c12. The standard InChI is InChI=1S/C13H15N5OS/c1-5(2)17-12(19)10-9(15)8-6(3)7(4-14)11(16)18-13(8)20-10/h5H,15H2,1-3H3,(H2,16,18)(H,17,19). The molecule has 2 rings (SSSR count). The van der Waals surface area contributed by atoms with Crippen LogP contribution in [0, 0.1) is 18.3 Å². The number of nitrogens with two attached hydrogens (primary N) is 2. The predicted molar refractivity (Wildman–Crippen MR) is 80.5 cm³/mol. The van der Waals surface area contributed by atoms with Crippen molar-refractivity contribution in [2.45, 2.75) is 26.8 Å². The highest BCUT2D eigenvalue weighted by molar-refractivity contribution is 7.21. The number of carbonyl (C=O) groups is 1. The fraction of sp³-hybridized carbons (Fsp3) is 0.308. The molecule has 0 saturated heterocycles. The number of fused-ring (bicyclic) bond motifs is 1. The van der Waals surface area contributed by atoms with E-state index in [1.807, 2.05) is 19.9 Å². The lowest BCUT2D eigenvalue weighted by Crippen LogP contribution is -2.29. The van der Waals surface area contributed by atoms with Gasteiger partial charge in [-0.25, -0.2) is 4.98 Å². The van der Waals surface area contributed by atoms with Gasteiger partial charge in [-0.15, -0.1) is 11.3 Å². The molecule has 0 aliphatic rings. The molecular weight excluding hydrogens is 274 g/mol. The van der Waals surface area contributed by atoms with Crippen LogP contribution in [0.25, 0.3) is 10.2 Å². The second-order valence-electron chi connectivity index (χ2n) is 4.76. The van der Waals surface area contributed by atoms with Gasteiger partial charge in [-0.3, -0.25) is 4.79 Å². The second-order valence-corrected chi connectivity index (χ2v) is 5.76. The zero-order chi connectivity index (χ0) is 15.0. The molecule has 2 aromatic rings. The van der Waals surface area contributed by atoms with E-state index in [-0.39, 0.29) is 17.8 Å². The van der Waals surface area contributed by atoms with Gasteiger partial charge in [0.2, 0.25) is 0 Å². The van der Waals surface area contributed by atoms with Gasteiger partial charge in [-0.2, -0.15) is 5.26 Å². The first-order valence-electron chi connectivity index (χ1n) is 6.05. The summed E-state index contributed by atoms with van der Waals surface area (Å²) in [5, 5.41) is 12.5. The van der Waals surface area contributed by atoms with Crippen molar-refractivity contribution in [3.63, 3.8) is 0 Å². The molecule has 0 aromatic carbocycles. The van der Waals surface area contributed by atoms with E-state index >= 15 is 0 Å². The number of aromatic nitrogens is 1. The van der Waals surface area contributed by atoms with Crippen LogP contribution in [0.2, 0.25) is 0 Å². The van der Waals surface area contributed by atoms with E-state index in [0.29, 0.717) is 31.9 Å². The molecule has 0 bridgehead atoms. The maximum atomic E-state index is 12.1. The summed E-state index contributed by atoms with van der Waals surface area (Å²) in [4.78, 5) is 17.2. The van der Waals surface area contributed by atoms with Gasteiger partial charge in [0.15, 0.2) is 0 Å². The molecule has 0 saturated carbocycles. The highest BCUT2D eigenvalue weighted by Crippen LogP contribution is 2.37. The van der Waals surface area contributed by atoms with Crippen LogP contribution in [-0.2, 0) is 0 Å². The number of nitrogens with zero attached hydrogens (tertiary/aromatic N) is 2. The van der Waals surface area contributed by atoms with Gasteiger partial charge in [-0.1, -0.05) is 0 Å². The normalized spacial score (nSPS) is 10.8. The van der Waals surface area contributed by atoms with Crippen molar-refractivity contribution in [1.29, 1.82) is 5.26 Å².